The number of hydrogen-bond acceptors (Lipinski definition) is 4. The van der Waals surface area contributed by atoms with E-state index in [4.69, 9.17) is 9.63 Å². The zero-order valence-electron chi connectivity index (χ0n) is 8.80. The summed E-state index contributed by atoms with van der Waals surface area (Å²) in [6.45, 7) is 0. The molecule has 2 atom stereocenters. The van der Waals surface area contributed by atoms with Crippen LogP contribution in [0.1, 0.15) is 18.1 Å². The van der Waals surface area contributed by atoms with Gasteiger partial charge in [0.1, 0.15) is 14.7 Å². The van der Waals surface area contributed by atoms with Gasteiger partial charge in [-0.25, -0.2) is 0 Å². The number of rotatable bonds is 5. The minimum atomic E-state index is -0.873. The highest BCUT2D eigenvalue weighted by molar-refractivity contribution is 7.29. The van der Waals surface area contributed by atoms with E-state index in [2.05, 4.69) is 5.09 Å². The smallest absolute Gasteiger partial charge is 0.227 e. The number of amides is 1. The molecule has 5 nitrogen and oxygen atoms in total. The Labute approximate surface area is 95.4 Å². The molecule has 0 aliphatic carbocycles. The number of hydrogen-bond donors (Lipinski definition) is 3. The predicted octanol–water partition coefficient (Wildman–Crippen LogP) is 0.736. The molecule has 88 valence electrons. The quantitative estimate of drug-likeness (QED) is 0.666. The summed E-state index contributed by atoms with van der Waals surface area (Å²) >= 11 is 0. The van der Waals surface area contributed by atoms with Gasteiger partial charge in [0.05, 0.1) is 19.6 Å². The van der Waals surface area contributed by atoms with Crippen LogP contribution in [0, 0.1) is 0 Å². The van der Waals surface area contributed by atoms with Crippen LogP contribution in [0.3, 0.4) is 0 Å². The normalized spacial score (nSPS) is 12.7. The first-order valence-electron chi connectivity index (χ1n) is 4.67. The van der Waals surface area contributed by atoms with Gasteiger partial charge >= 0.3 is 0 Å². The molecule has 0 aliphatic heterocycles. The molecular formula is C10H14NO4P. The molecule has 0 radical (unpaired) electrons. The monoisotopic (exact) mass is 243 g/mol. The number of carbonyl (C=O) groups excluding carboxylic acids is 1. The molecule has 16 heavy (non-hydrogen) atoms. The van der Waals surface area contributed by atoms with E-state index in [1.165, 1.54) is 0 Å². The van der Waals surface area contributed by atoms with Crippen LogP contribution in [0.4, 0.5) is 0 Å². The van der Waals surface area contributed by atoms with E-state index >= 15 is 0 Å². The number of benzene rings is 1. The molecule has 0 heterocycles. The first-order chi connectivity index (χ1) is 7.67. The highest BCUT2D eigenvalue weighted by atomic mass is 31.1. The van der Waals surface area contributed by atoms with Gasteiger partial charge in [-0.1, -0.05) is 12.1 Å². The number of carbonyl (C=O) groups is 1. The molecular weight excluding hydrogens is 229 g/mol. The number of ether oxygens (including phenoxy) is 1. The molecule has 6 heteroatoms. The average Bonchev–Trinajstić information content (AvgIpc) is 2.29. The van der Waals surface area contributed by atoms with E-state index in [0.29, 0.717) is 11.3 Å². The molecule has 1 aromatic carbocycles. The molecule has 0 saturated carbocycles. The Kier molecular flexibility index (Phi) is 5.19. The third kappa shape index (κ3) is 3.77. The fraction of sp³-hybridized carbons (Fsp3) is 0.300. The molecule has 3 N–H and O–H groups in total. The fourth-order valence-corrected chi connectivity index (χ4v) is 1.46. The van der Waals surface area contributed by atoms with Gasteiger partial charge in [-0.15, -0.1) is 0 Å². The van der Waals surface area contributed by atoms with E-state index in [1.807, 2.05) is 0 Å². The molecule has 0 fully saturated rings. The van der Waals surface area contributed by atoms with Gasteiger partial charge in [-0.2, -0.15) is 0 Å². The summed E-state index contributed by atoms with van der Waals surface area (Å²) in [6, 6.07) is 6.81. The van der Waals surface area contributed by atoms with Gasteiger partial charge in [0.2, 0.25) is 5.91 Å². The molecule has 0 spiro atoms. The molecule has 0 aliphatic rings. The Hall–Kier alpha value is -1.16. The Morgan fingerprint density at radius 2 is 2.12 bits per heavy atom. The minimum Gasteiger partial charge on any atom is -0.497 e. The third-order valence-corrected chi connectivity index (χ3v) is 2.47. The largest absolute Gasteiger partial charge is 0.497 e. The maximum Gasteiger partial charge on any atom is 0.227 e. The van der Waals surface area contributed by atoms with Gasteiger partial charge in [0, 0.05) is 0 Å². The van der Waals surface area contributed by atoms with Crippen molar-refractivity contribution in [3.63, 3.8) is 0 Å². The number of nitrogens with one attached hydrogen (secondary N) is 1. The Morgan fingerprint density at radius 1 is 1.50 bits per heavy atom. The highest BCUT2D eigenvalue weighted by Crippen LogP contribution is 2.20. The molecule has 0 saturated heterocycles. The topological polar surface area (TPSA) is 78.8 Å². The molecule has 1 amide bonds. The third-order valence-electron chi connectivity index (χ3n) is 2.07. The van der Waals surface area contributed by atoms with Crippen LogP contribution in [0.15, 0.2) is 24.3 Å². The summed E-state index contributed by atoms with van der Waals surface area (Å²) in [4.78, 5) is 19.6. The number of methoxy groups -OCH3 is 1. The van der Waals surface area contributed by atoms with Crippen molar-refractivity contribution < 1.29 is 19.5 Å². The SMILES string of the molecule is COc1ccc(C(O)CC(=O)NPO)cc1. The number of aliphatic hydroxyl groups excluding tert-OH is 1. The van der Waals surface area contributed by atoms with Crippen LogP contribution >= 0.6 is 8.96 Å². The Morgan fingerprint density at radius 3 is 2.62 bits per heavy atom. The fourth-order valence-electron chi connectivity index (χ4n) is 1.23. The van der Waals surface area contributed by atoms with Crippen molar-refractivity contribution in [1.82, 2.24) is 5.09 Å². The van der Waals surface area contributed by atoms with Crippen molar-refractivity contribution in [3.05, 3.63) is 29.8 Å². The van der Waals surface area contributed by atoms with Crippen LogP contribution in [0.5, 0.6) is 5.75 Å². The summed E-state index contributed by atoms with van der Waals surface area (Å²) in [5.41, 5.74) is 0.636. The Bertz CT molecular complexity index is 341. The van der Waals surface area contributed by atoms with Crippen molar-refractivity contribution in [3.8, 4) is 5.75 Å². The predicted molar refractivity (Wildman–Crippen MR) is 61.2 cm³/mol. The van der Waals surface area contributed by atoms with Gasteiger partial charge in [0.15, 0.2) is 0 Å². The van der Waals surface area contributed by atoms with Crippen molar-refractivity contribution in [1.29, 1.82) is 0 Å². The summed E-state index contributed by atoms with van der Waals surface area (Å²) in [7, 11) is 0.919. The van der Waals surface area contributed by atoms with E-state index in [0.717, 1.165) is 0 Å². The minimum absolute atomic E-state index is 0.0696. The van der Waals surface area contributed by atoms with Crippen molar-refractivity contribution in [2.24, 2.45) is 0 Å². The highest BCUT2D eigenvalue weighted by Gasteiger charge is 2.12. The van der Waals surface area contributed by atoms with Gasteiger partial charge in [0.25, 0.3) is 0 Å². The maximum atomic E-state index is 11.1. The van der Waals surface area contributed by atoms with Crippen LogP contribution in [-0.4, -0.2) is 23.0 Å². The van der Waals surface area contributed by atoms with Crippen molar-refractivity contribution in [2.45, 2.75) is 12.5 Å². The summed E-state index contributed by atoms with van der Waals surface area (Å²) in [5.74, 6) is 0.307. The standard InChI is InChI=1S/C10H14NO4P/c1-15-8-4-2-7(3-5-8)9(12)6-10(13)11-16-14/h2-5,9,12,14,16H,6H2,1H3,(H,11,13). The molecule has 1 rings (SSSR count). The van der Waals surface area contributed by atoms with Crippen molar-refractivity contribution >= 4 is 14.9 Å². The van der Waals surface area contributed by atoms with Gasteiger partial charge < -0.3 is 19.8 Å². The Balaban J connectivity index is 2.58. The van der Waals surface area contributed by atoms with E-state index in [1.54, 1.807) is 31.4 Å². The lowest BCUT2D eigenvalue weighted by Crippen LogP contribution is -2.17. The van der Waals surface area contributed by atoms with E-state index in [9.17, 15) is 9.90 Å². The second kappa shape index (κ2) is 6.43. The first-order valence-corrected chi connectivity index (χ1v) is 5.62. The van der Waals surface area contributed by atoms with E-state index in [-0.39, 0.29) is 12.3 Å². The summed E-state index contributed by atoms with van der Waals surface area (Å²) in [6.07, 6.45) is -0.942. The zero-order valence-corrected chi connectivity index (χ0v) is 9.80. The number of aliphatic hydroxyl groups is 1. The van der Waals surface area contributed by atoms with Crippen LogP contribution in [0.2, 0.25) is 0 Å². The summed E-state index contributed by atoms with van der Waals surface area (Å²) < 4.78 is 4.98. The summed E-state index contributed by atoms with van der Waals surface area (Å²) in [5, 5.41) is 11.9. The molecule has 0 bridgehead atoms. The molecule has 0 aromatic heterocycles. The van der Waals surface area contributed by atoms with Crippen LogP contribution < -0.4 is 9.82 Å². The van der Waals surface area contributed by atoms with Gasteiger partial charge in [-0.05, 0) is 17.7 Å². The zero-order chi connectivity index (χ0) is 12.0. The maximum absolute atomic E-state index is 11.1. The lowest BCUT2D eigenvalue weighted by Gasteiger charge is -2.10. The van der Waals surface area contributed by atoms with Crippen molar-refractivity contribution in [2.75, 3.05) is 7.11 Å². The molecule has 2 unspecified atom stereocenters. The average molecular weight is 243 g/mol. The van der Waals surface area contributed by atoms with Crippen LogP contribution in [0.25, 0.3) is 0 Å². The van der Waals surface area contributed by atoms with Crippen LogP contribution in [-0.2, 0) is 4.79 Å². The van der Waals surface area contributed by atoms with Gasteiger partial charge in [-0.3, -0.25) is 4.79 Å². The lowest BCUT2D eigenvalue weighted by atomic mass is 10.1. The van der Waals surface area contributed by atoms with E-state index < -0.39 is 15.1 Å². The lowest BCUT2D eigenvalue weighted by molar-refractivity contribution is -0.121. The molecule has 1 aromatic rings. The second-order valence-corrected chi connectivity index (χ2v) is 3.63. The first kappa shape index (κ1) is 12.9. The second-order valence-electron chi connectivity index (χ2n) is 3.15.